The maximum atomic E-state index is 14.8. The van der Waals surface area contributed by atoms with E-state index in [0.29, 0.717) is 0 Å². The minimum absolute atomic E-state index is 0.0356. The summed E-state index contributed by atoms with van der Waals surface area (Å²) in [7, 11) is -9.90. The molecule has 11 unspecified atom stereocenters. The molecule has 9 heterocycles. The van der Waals surface area contributed by atoms with Crippen LogP contribution in [0.4, 0.5) is 17.6 Å². The number of fused-ring (bicyclic) bond motifs is 1. The number of phosphoric ester groups is 2. The number of aliphatic hydroxyl groups excluding tert-OH is 1. The average Bonchev–Trinajstić information content (AvgIpc) is 1.57. The number of phosphoric acid groups is 2. The second-order valence-electron chi connectivity index (χ2n) is 21.9. The fraction of sp³-hybridized carbons (Fsp3) is 0.653. The topological polar surface area (TPSA) is 555 Å². The Balaban J connectivity index is 1.02. The van der Waals surface area contributed by atoms with E-state index in [-0.39, 0.29) is 91.5 Å². The second kappa shape index (κ2) is 32.3. The number of hydrogen-bond acceptors (Lipinski definition) is 34. The highest BCUT2D eigenvalue weighted by Gasteiger charge is 2.58. The lowest BCUT2D eigenvalue weighted by atomic mass is 10.1. The summed E-state index contributed by atoms with van der Waals surface area (Å²) in [6.07, 6.45) is -16.5. The molecule has 0 aromatic carbocycles. The van der Waals surface area contributed by atoms with Crippen LogP contribution >= 0.6 is 41.8 Å². The highest BCUT2D eigenvalue weighted by Crippen LogP contribution is 2.55. The number of aromatic amines is 2. The summed E-state index contributed by atoms with van der Waals surface area (Å²) in [5.41, 5.74) is 11.8. The van der Waals surface area contributed by atoms with E-state index < -0.39 is 176 Å². The Morgan fingerprint density at radius 3 is 1.75 bits per heavy atom. The molecule has 0 spiro atoms. The number of thiol groups is 1. The van der Waals surface area contributed by atoms with Gasteiger partial charge in [0.2, 0.25) is 11.7 Å². The van der Waals surface area contributed by atoms with E-state index in [0.717, 1.165) is 20.0 Å². The molecule has 0 saturated carbocycles. The van der Waals surface area contributed by atoms with Crippen LogP contribution in [0.1, 0.15) is 41.8 Å². The Morgan fingerprint density at radius 1 is 0.691 bits per heavy atom. The number of imidazole rings is 1. The van der Waals surface area contributed by atoms with Gasteiger partial charge in [-0.2, -0.15) is 15.0 Å². The van der Waals surface area contributed by atoms with Crippen molar-refractivity contribution in [1.29, 1.82) is 0 Å². The van der Waals surface area contributed by atoms with Crippen molar-refractivity contribution in [3.63, 3.8) is 0 Å². The van der Waals surface area contributed by atoms with Crippen molar-refractivity contribution in [2.24, 2.45) is 0 Å². The molecule has 9 rings (SSSR count). The standard InChI is InChI=1S/C49H71N13O29P4S2/c1-23-14-60(46(66)54-38(23)50)43-35(78-10-7-75-4)33(89-93(70,71)82-18-28-26(88-92(69)96)13-31(85-28)59-16-25(3)41(64)58-48(59)68)29(86-43)19-83-94(72,73)90-34-30(87-44(36(34)79-11-8-76-5)61-15-24(2)39(51)55-47(61)67)20-84-95(74,97)91-37-27(17-63)80-21-49(37,81-12-9-77-6)62-22-53-32-40(62)56-45(52)57-42(32)65/h14-16,22,26-31,33-37,43-44,63H,7-13,17-21H2,1-6H3,(H11-,50,51,52,54,55,56,57,58,64,65,66,67,68,69,70,71,72,73,74,96,97)/p+1/t26?,27-,28-,29-,30-,31-,33?,34?,35?,36?,37?,43-,44-,49?,95?/m1/s1. The molecule has 4 aliphatic heterocycles. The number of methoxy groups -OCH3 is 3. The van der Waals surface area contributed by atoms with Gasteiger partial charge < -0.3 is 88.9 Å². The molecule has 4 fully saturated rings. The molecule has 5 aromatic heterocycles. The van der Waals surface area contributed by atoms with Gasteiger partial charge in [-0.1, -0.05) is 0 Å². The molecule has 0 aliphatic carbocycles. The second-order valence-corrected chi connectivity index (χ2v) is 29.2. The van der Waals surface area contributed by atoms with Gasteiger partial charge in [0.1, 0.15) is 91.2 Å². The zero-order chi connectivity index (χ0) is 70.5. The number of aryl methyl sites for hydroxylation is 3. The molecule has 4 saturated heterocycles. The molecule has 0 bridgehead atoms. The van der Waals surface area contributed by atoms with Crippen molar-refractivity contribution in [2.45, 2.75) is 113 Å². The quantitative estimate of drug-likeness (QED) is 0.0125. The third-order valence-electron chi connectivity index (χ3n) is 15.4. The lowest BCUT2D eigenvalue weighted by Crippen LogP contribution is -2.50. The van der Waals surface area contributed by atoms with Gasteiger partial charge in [0, 0.05) is 63.0 Å². The van der Waals surface area contributed by atoms with Gasteiger partial charge in [0.25, 0.3) is 11.1 Å². The first-order chi connectivity index (χ1) is 45.9. The van der Waals surface area contributed by atoms with Crippen molar-refractivity contribution in [3.05, 3.63) is 93.8 Å². The molecule has 0 radical (unpaired) electrons. The molecular weight excluding hydrogens is 1420 g/mol. The van der Waals surface area contributed by atoms with Gasteiger partial charge in [0.15, 0.2) is 23.6 Å². The molecule has 42 nitrogen and oxygen atoms in total. The maximum absolute atomic E-state index is 14.8. The van der Waals surface area contributed by atoms with Crippen LogP contribution in [0.15, 0.2) is 48.9 Å². The van der Waals surface area contributed by atoms with Crippen molar-refractivity contribution >= 4 is 82.4 Å². The number of nitrogen functional groups attached to an aromatic ring is 3. The number of nitrogens with one attached hydrogen (secondary N) is 2. The van der Waals surface area contributed by atoms with Crippen LogP contribution in [0.5, 0.6) is 0 Å². The van der Waals surface area contributed by atoms with E-state index in [2.05, 4.69) is 42.2 Å². The van der Waals surface area contributed by atoms with Gasteiger partial charge >= 0.3 is 46.7 Å². The van der Waals surface area contributed by atoms with Crippen LogP contribution in [-0.2, 0) is 110 Å². The van der Waals surface area contributed by atoms with E-state index in [1.165, 1.54) is 65.3 Å². The third-order valence-corrected chi connectivity index (χ3v) is 19.7. The average molecular weight is 1500 g/mol. The van der Waals surface area contributed by atoms with E-state index >= 15 is 0 Å². The SMILES string of the molecule is COCCOC1C(OP(=O)(O)OC[C@H]2O[C@@H](n3cc(C)c(=O)[nH]c3=O)CC2O[P+](=O)S)[C@@H](COP(=O)(O)OC2C(OCCOC)[C@H](n3cc(C)c(N)nc3=O)O[C@@H]2COP(O)(=S)OC2[C@@H](CO)OCC2(OCCOC)n2cnc3c(=O)[nH]c(N)nc32)O[C@H]1n1cc(C)c(N)nc1=O. The molecule has 538 valence electrons. The van der Waals surface area contributed by atoms with Gasteiger partial charge in [-0.25, -0.2) is 28.5 Å². The van der Waals surface area contributed by atoms with E-state index in [1.54, 1.807) is 0 Å². The Morgan fingerprint density at radius 2 is 1.22 bits per heavy atom. The van der Waals surface area contributed by atoms with Crippen LogP contribution in [-0.4, -0.2) is 223 Å². The Bertz CT molecular complexity index is 4090. The lowest BCUT2D eigenvalue weighted by Gasteiger charge is -2.37. The Hall–Kier alpha value is -5.09. The minimum Gasteiger partial charge on any atom is -0.394 e. The number of ether oxygens (including phenoxy) is 10. The number of rotatable bonds is 34. The molecule has 97 heavy (non-hydrogen) atoms. The van der Waals surface area contributed by atoms with E-state index in [9.17, 15) is 57.5 Å². The largest absolute Gasteiger partial charge is 0.582 e. The van der Waals surface area contributed by atoms with Crippen LogP contribution in [0.3, 0.4) is 0 Å². The highest BCUT2D eigenvalue weighted by atomic mass is 32.7. The predicted octanol–water partition coefficient (Wildman–Crippen LogP) is -1.70. The maximum Gasteiger partial charge on any atom is 0.582 e. The molecule has 48 heteroatoms. The summed E-state index contributed by atoms with van der Waals surface area (Å²) in [6.45, 7) is -5.80. The van der Waals surface area contributed by atoms with Gasteiger partial charge in [0.05, 0.1) is 79.0 Å². The summed E-state index contributed by atoms with van der Waals surface area (Å²) >= 11 is 9.42. The number of H-pyrrole nitrogens is 2. The first kappa shape index (κ1) is 76.1. The van der Waals surface area contributed by atoms with Gasteiger partial charge in [-0.15, -0.1) is 4.52 Å². The van der Waals surface area contributed by atoms with E-state index in [1.807, 2.05) is 0 Å². The van der Waals surface area contributed by atoms with Crippen molar-refractivity contribution in [1.82, 2.24) is 48.2 Å². The Labute approximate surface area is 558 Å². The minimum atomic E-state index is -5.73. The first-order valence-electron chi connectivity index (χ1n) is 29.0. The first-order valence-corrected chi connectivity index (χ1v) is 36.9. The number of aromatic nitrogens is 10. The lowest BCUT2D eigenvalue weighted by molar-refractivity contribution is -0.160. The van der Waals surface area contributed by atoms with Crippen molar-refractivity contribution in [2.75, 3.05) is 111 Å². The molecule has 4 aliphatic rings. The fourth-order valence-corrected chi connectivity index (χ4v) is 15.0. The van der Waals surface area contributed by atoms with Crippen LogP contribution in [0.25, 0.3) is 11.2 Å². The highest BCUT2D eigenvalue weighted by molar-refractivity contribution is 8.39. The van der Waals surface area contributed by atoms with Gasteiger partial charge in [-0.3, -0.25) is 60.4 Å². The monoisotopic (exact) mass is 1490 g/mol. The molecule has 18 atom stereocenters. The molecule has 12 N–H and O–H groups in total. The van der Waals surface area contributed by atoms with Crippen LogP contribution in [0.2, 0.25) is 0 Å². The third kappa shape index (κ3) is 17.8. The van der Waals surface area contributed by atoms with Crippen molar-refractivity contribution in [3.8, 4) is 0 Å². The van der Waals surface area contributed by atoms with Crippen LogP contribution in [0, 0.1) is 20.8 Å². The molecule has 0 amide bonds. The zero-order valence-corrected chi connectivity index (χ0v) is 57.5. The van der Waals surface area contributed by atoms with Crippen molar-refractivity contribution < 1.29 is 113 Å². The number of nitrogens with two attached hydrogens (primary N) is 3. The number of hydrogen-bond donors (Lipinski definition) is 10. The molecular formula is C49H72N13O29P4S2+. The summed E-state index contributed by atoms with van der Waals surface area (Å²) in [5.74, 6) is -0.683. The summed E-state index contributed by atoms with van der Waals surface area (Å²) in [6, 6.07) is 0. The molecule has 5 aromatic rings. The van der Waals surface area contributed by atoms with Crippen LogP contribution < -0.4 is 45.4 Å². The summed E-state index contributed by atoms with van der Waals surface area (Å²) in [5, 5.41) is 10.7. The summed E-state index contributed by atoms with van der Waals surface area (Å²) in [4.78, 5) is 122. The fourth-order valence-electron chi connectivity index (χ4n) is 10.8. The van der Waals surface area contributed by atoms with E-state index in [4.69, 9.17) is 108 Å². The number of anilines is 3. The smallest absolute Gasteiger partial charge is 0.394 e. The predicted molar refractivity (Wildman–Crippen MR) is 336 cm³/mol. The Kier molecular flexibility index (Phi) is 25.3. The summed E-state index contributed by atoms with van der Waals surface area (Å²) < 4.78 is 145. The zero-order valence-electron chi connectivity index (χ0n) is 52.2. The number of aliphatic hydroxyl groups is 1. The number of nitrogens with zero attached hydrogens (tertiary/aromatic N) is 8. The van der Waals surface area contributed by atoms with Gasteiger partial charge in [-0.05, 0) is 37.1 Å². The normalized spacial score (nSPS) is 28.7.